The quantitative estimate of drug-likeness (QED) is 0.497. The van der Waals surface area contributed by atoms with Gasteiger partial charge in [0.05, 0.1) is 6.33 Å². The number of rotatable bonds is 6. The van der Waals surface area contributed by atoms with Crippen LogP contribution in [0.15, 0.2) is 12.5 Å². The molecule has 5 N–H and O–H groups in total. The molecule has 1 fully saturated rings. The van der Waals surface area contributed by atoms with Crippen molar-refractivity contribution >= 4 is 11.8 Å². The molecule has 0 bridgehead atoms. The summed E-state index contributed by atoms with van der Waals surface area (Å²) in [6.07, 6.45) is 5.94. The first-order valence-corrected chi connectivity index (χ1v) is 6.48. The van der Waals surface area contributed by atoms with Crippen LogP contribution in [-0.4, -0.2) is 40.4 Å². The minimum atomic E-state index is -0.529. The SMILES string of the molecule is NCCCC[C@@H]1NC(=O)[C@H](Cc2cnc[nH]2)NC1=O. The second kappa shape index (κ2) is 6.33. The number of amides is 2. The maximum absolute atomic E-state index is 11.9. The van der Waals surface area contributed by atoms with Gasteiger partial charge in [0.2, 0.25) is 11.8 Å². The summed E-state index contributed by atoms with van der Waals surface area (Å²) in [6.45, 7) is 0.602. The van der Waals surface area contributed by atoms with E-state index in [1.54, 1.807) is 12.5 Å². The summed E-state index contributed by atoms with van der Waals surface area (Å²) < 4.78 is 0. The molecule has 1 aromatic rings. The van der Waals surface area contributed by atoms with E-state index in [4.69, 9.17) is 5.73 Å². The average Bonchev–Trinajstić information content (AvgIpc) is 2.88. The standard InChI is InChI=1S/C12H19N5O2/c13-4-2-1-3-9-11(18)17-10(12(19)16-9)5-8-6-14-7-15-8/h6-7,9-10H,1-5,13H2,(H,14,15)(H,16,19)(H,17,18)/t9-,10-/m0/s1. The molecular weight excluding hydrogens is 246 g/mol. The number of carbonyl (C=O) groups excluding carboxylic acids is 2. The molecule has 104 valence electrons. The third kappa shape index (κ3) is 3.54. The normalized spacial score (nSPS) is 23.0. The fourth-order valence-electron chi connectivity index (χ4n) is 2.13. The summed E-state index contributed by atoms with van der Waals surface area (Å²) in [5, 5.41) is 5.51. The van der Waals surface area contributed by atoms with Crippen LogP contribution in [0.3, 0.4) is 0 Å². The number of imidazole rings is 1. The third-order valence-corrected chi connectivity index (χ3v) is 3.19. The molecule has 19 heavy (non-hydrogen) atoms. The van der Waals surface area contributed by atoms with Crippen molar-refractivity contribution in [1.29, 1.82) is 0 Å². The zero-order chi connectivity index (χ0) is 13.7. The molecule has 1 saturated heterocycles. The largest absolute Gasteiger partial charge is 0.348 e. The predicted molar refractivity (Wildman–Crippen MR) is 69.1 cm³/mol. The molecule has 1 aromatic heterocycles. The lowest BCUT2D eigenvalue weighted by atomic mass is 10.0. The summed E-state index contributed by atoms with van der Waals surface area (Å²) in [7, 11) is 0. The summed E-state index contributed by atoms with van der Waals surface area (Å²) in [6, 6.07) is -0.962. The van der Waals surface area contributed by atoms with Crippen molar-refractivity contribution in [3.63, 3.8) is 0 Å². The van der Waals surface area contributed by atoms with Gasteiger partial charge in [0, 0.05) is 18.3 Å². The van der Waals surface area contributed by atoms with E-state index in [9.17, 15) is 9.59 Å². The topological polar surface area (TPSA) is 113 Å². The fourth-order valence-corrected chi connectivity index (χ4v) is 2.13. The van der Waals surface area contributed by atoms with Crippen LogP contribution in [0.4, 0.5) is 0 Å². The lowest BCUT2D eigenvalue weighted by molar-refractivity contribution is -0.136. The summed E-state index contributed by atoms with van der Waals surface area (Å²) in [4.78, 5) is 30.6. The first kappa shape index (κ1) is 13.5. The number of carbonyl (C=O) groups is 2. The Labute approximate surface area is 111 Å². The molecule has 1 aliphatic rings. The molecule has 0 spiro atoms. The maximum atomic E-state index is 11.9. The Hall–Kier alpha value is -1.89. The Kier molecular flexibility index (Phi) is 4.51. The van der Waals surface area contributed by atoms with Crippen LogP contribution in [0.1, 0.15) is 25.0 Å². The second-order valence-electron chi connectivity index (χ2n) is 4.69. The van der Waals surface area contributed by atoms with Gasteiger partial charge >= 0.3 is 0 Å². The van der Waals surface area contributed by atoms with Crippen LogP contribution in [0.25, 0.3) is 0 Å². The highest BCUT2D eigenvalue weighted by Crippen LogP contribution is 2.08. The molecule has 7 heteroatoms. The maximum Gasteiger partial charge on any atom is 0.243 e. The van der Waals surface area contributed by atoms with E-state index in [2.05, 4.69) is 20.6 Å². The van der Waals surface area contributed by atoms with Gasteiger partial charge in [0.25, 0.3) is 0 Å². The van der Waals surface area contributed by atoms with Gasteiger partial charge in [-0.25, -0.2) is 4.98 Å². The minimum Gasteiger partial charge on any atom is -0.348 e. The van der Waals surface area contributed by atoms with Crippen LogP contribution < -0.4 is 16.4 Å². The van der Waals surface area contributed by atoms with Crippen molar-refractivity contribution in [3.05, 3.63) is 18.2 Å². The Morgan fingerprint density at radius 1 is 1.16 bits per heavy atom. The molecule has 2 heterocycles. The van der Waals surface area contributed by atoms with Crippen molar-refractivity contribution in [2.75, 3.05) is 6.54 Å². The fraction of sp³-hybridized carbons (Fsp3) is 0.583. The van der Waals surface area contributed by atoms with Gasteiger partial charge in [-0.05, 0) is 25.8 Å². The van der Waals surface area contributed by atoms with Gasteiger partial charge in [0.15, 0.2) is 0 Å². The molecule has 0 saturated carbocycles. The lowest BCUT2D eigenvalue weighted by Gasteiger charge is -2.29. The Bertz CT molecular complexity index is 431. The van der Waals surface area contributed by atoms with Crippen LogP contribution >= 0.6 is 0 Å². The number of nitrogens with zero attached hydrogens (tertiary/aromatic N) is 1. The number of aromatic nitrogens is 2. The van der Waals surface area contributed by atoms with Crippen molar-refractivity contribution in [2.45, 2.75) is 37.8 Å². The smallest absolute Gasteiger partial charge is 0.243 e. The number of hydrogen-bond acceptors (Lipinski definition) is 4. The van der Waals surface area contributed by atoms with Crippen LogP contribution in [-0.2, 0) is 16.0 Å². The first-order chi connectivity index (χ1) is 9.20. The number of aromatic amines is 1. The molecule has 2 amide bonds. The Balaban J connectivity index is 1.87. The second-order valence-corrected chi connectivity index (χ2v) is 4.69. The van der Waals surface area contributed by atoms with Gasteiger partial charge in [0.1, 0.15) is 12.1 Å². The van der Waals surface area contributed by atoms with Crippen LogP contribution in [0, 0.1) is 0 Å². The number of nitrogens with two attached hydrogens (primary N) is 1. The van der Waals surface area contributed by atoms with E-state index in [0.717, 1.165) is 18.5 Å². The van der Waals surface area contributed by atoms with E-state index >= 15 is 0 Å². The third-order valence-electron chi connectivity index (χ3n) is 3.19. The highest BCUT2D eigenvalue weighted by Gasteiger charge is 2.33. The molecule has 0 radical (unpaired) electrons. The van der Waals surface area contributed by atoms with Crippen LogP contribution in [0.5, 0.6) is 0 Å². The van der Waals surface area contributed by atoms with Crippen molar-refractivity contribution < 1.29 is 9.59 Å². The highest BCUT2D eigenvalue weighted by atomic mass is 16.2. The molecule has 2 atom stereocenters. The van der Waals surface area contributed by atoms with Gasteiger partial charge in [-0.15, -0.1) is 0 Å². The zero-order valence-corrected chi connectivity index (χ0v) is 10.7. The number of nitrogens with one attached hydrogen (secondary N) is 3. The summed E-state index contributed by atoms with van der Waals surface area (Å²) >= 11 is 0. The number of unbranched alkanes of at least 4 members (excludes halogenated alkanes) is 1. The number of hydrogen-bond donors (Lipinski definition) is 4. The Morgan fingerprint density at radius 3 is 2.58 bits per heavy atom. The molecule has 2 rings (SSSR count). The minimum absolute atomic E-state index is 0.124. The monoisotopic (exact) mass is 265 g/mol. The van der Waals surface area contributed by atoms with E-state index in [0.29, 0.717) is 19.4 Å². The zero-order valence-electron chi connectivity index (χ0n) is 10.7. The van der Waals surface area contributed by atoms with E-state index in [1.165, 1.54) is 0 Å². The van der Waals surface area contributed by atoms with Crippen molar-refractivity contribution in [1.82, 2.24) is 20.6 Å². The van der Waals surface area contributed by atoms with E-state index < -0.39 is 12.1 Å². The number of H-pyrrole nitrogens is 1. The average molecular weight is 265 g/mol. The molecule has 1 aliphatic heterocycles. The van der Waals surface area contributed by atoms with Crippen LogP contribution in [0.2, 0.25) is 0 Å². The molecule has 0 aromatic carbocycles. The van der Waals surface area contributed by atoms with E-state index in [-0.39, 0.29) is 11.8 Å². The highest BCUT2D eigenvalue weighted by molar-refractivity contribution is 5.97. The summed E-state index contributed by atoms with van der Waals surface area (Å²) in [5.41, 5.74) is 6.23. The first-order valence-electron chi connectivity index (χ1n) is 6.48. The predicted octanol–water partition coefficient (Wildman–Crippen LogP) is -0.936. The van der Waals surface area contributed by atoms with Gasteiger partial charge in [-0.2, -0.15) is 0 Å². The van der Waals surface area contributed by atoms with Gasteiger partial charge in [-0.1, -0.05) is 0 Å². The van der Waals surface area contributed by atoms with Gasteiger partial charge < -0.3 is 21.4 Å². The molecule has 7 nitrogen and oxygen atoms in total. The molecule has 0 unspecified atom stereocenters. The van der Waals surface area contributed by atoms with Gasteiger partial charge in [-0.3, -0.25) is 9.59 Å². The Morgan fingerprint density at radius 2 is 1.89 bits per heavy atom. The summed E-state index contributed by atoms with van der Waals surface area (Å²) in [5.74, 6) is -0.270. The van der Waals surface area contributed by atoms with E-state index in [1.807, 2.05) is 0 Å². The number of piperazine rings is 1. The van der Waals surface area contributed by atoms with Crippen molar-refractivity contribution in [3.8, 4) is 0 Å². The van der Waals surface area contributed by atoms with Crippen molar-refractivity contribution in [2.24, 2.45) is 5.73 Å². The molecule has 0 aliphatic carbocycles. The lowest BCUT2D eigenvalue weighted by Crippen LogP contribution is -2.62. The molecular formula is C12H19N5O2.